The Labute approximate surface area is 156 Å². The van der Waals surface area contributed by atoms with Crippen molar-refractivity contribution in [1.29, 1.82) is 0 Å². The van der Waals surface area contributed by atoms with E-state index in [1.165, 1.54) is 0 Å². The summed E-state index contributed by atoms with van der Waals surface area (Å²) in [6.07, 6.45) is -4.20. The Morgan fingerprint density at radius 1 is 0.571 bits per heavy atom. The number of aliphatic carboxylic acids is 4. The van der Waals surface area contributed by atoms with Crippen LogP contribution < -0.4 is 0 Å². The fourth-order valence-corrected chi connectivity index (χ4v) is 1.53. The van der Waals surface area contributed by atoms with E-state index in [-0.39, 0.29) is 0 Å². The van der Waals surface area contributed by atoms with Crippen LogP contribution in [0.2, 0.25) is 0 Å². The molecule has 0 aromatic heterocycles. The van der Waals surface area contributed by atoms with Gasteiger partial charge in [-0.2, -0.15) is 0 Å². The zero-order valence-corrected chi connectivity index (χ0v) is 14.3. The Kier molecular flexibility index (Phi) is 11.1. The molecule has 0 fully saturated rings. The van der Waals surface area contributed by atoms with Crippen molar-refractivity contribution in [3.05, 3.63) is 0 Å². The summed E-state index contributed by atoms with van der Waals surface area (Å²) < 4.78 is 17.7. The maximum atomic E-state index is 11.2. The summed E-state index contributed by atoms with van der Waals surface area (Å²) in [7, 11) is 0. The van der Waals surface area contributed by atoms with Gasteiger partial charge in [-0.1, -0.05) is 0 Å². The predicted octanol–water partition coefficient (Wildman–Crippen LogP) is -0.356. The first-order valence-electron chi connectivity index (χ1n) is 7.51. The van der Waals surface area contributed by atoms with Crippen LogP contribution in [0, 0.1) is 11.8 Å². The number of carbonyl (C=O) groups excluding carboxylic acids is 2. The highest BCUT2D eigenvalue weighted by atomic mass is 16.7. The van der Waals surface area contributed by atoms with E-state index >= 15 is 0 Å². The van der Waals surface area contributed by atoms with Crippen LogP contribution in [0.25, 0.3) is 0 Å². The van der Waals surface area contributed by atoms with Gasteiger partial charge in [0, 0.05) is 0 Å². The molecule has 0 rings (SSSR count). The highest BCUT2D eigenvalue weighted by Gasteiger charge is 2.24. The zero-order chi connectivity index (χ0) is 21.7. The van der Waals surface area contributed by atoms with Crippen LogP contribution in [-0.2, 0) is 38.1 Å². The van der Waals surface area contributed by atoms with Gasteiger partial charge in [-0.3, -0.25) is 19.2 Å². The second kappa shape index (κ2) is 12.7. The summed E-state index contributed by atoms with van der Waals surface area (Å²) in [5.41, 5.74) is 0. The Hall–Kier alpha value is -3.58. The smallest absolute Gasteiger partial charge is 0.481 e. The molecule has 0 spiro atoms. The topological polar surface area (TPSA) is 220 Å². The molecule has 0 saturated carbocycles. The quantitative estimate of drug-likeness (QED) is 0.225. The lowest BCUT2D eigenvalue weighted by Gasteiger charge is -2.12. The number of carboxylic acids is 4. The summed E-state index contributed by atoms with van der Waals surface area (Å²) in [4.78, 5) is 64.9. The average molecular weight is 410 g/mol. The standard InChI is InChI=1S/C14H18O14/c15-9(16)3-7(11(19)20)5-27-13(23)25-1-2-26-14(24)28-6-8(12(21)22)4-10(17)18/h7-8H,1-6H2,(H,15,16)(H,17,18)(H,19,20)(H,21,22). The van der Waals surface area contributed by atoms with E-state index in [9.17, 15) is 28.8 Å². The van der Waals surface area contributed by atoms with E-state index < -0.39 is 87.3 Å². The van der Waals surface area contributed by atoms with Crippen LogP contribution in [-0.4, -0.2) is 83.0 Å². The minimum atomic E-state index is -1.48. The lowest BCUT2D eigenvalue weighted by Crippen LogP contribution is -2.26. The Morgan fingerprint density at radius 2 is 0.893 bits per heavy atom. The second-order valence-electron chi connectivity index (χ2n) is 5.08. The molecule has 158 valence electrons. The van der Waals surface area contributed by atoms with Gasteiger partial charge in [0.05, 0.1) is 12.8 Å². The second-order valence-corrected chi connectivity index (χ2v) is 5.08. The minimum absolute atomic E-state index is 0.526. The third-order valence-electron chi connectivity index (χ3n) is 2.87. The van der Waals surface area contributed by atoms with Crippen molar-refractivity contribution in [3.8, 4) is 0 Å². The Balaban J connectivity index is 4.04. The van der Waals surface area contributed by atoms with Crippen LogP contribution in [0.15, 0.2) is 0 Å². The number of hydrogen-bond donors (Lipinski definition) is 4. The Bertz CT molecular complexity index is 545. The fraction of sp³-hybridized carbons (Fsp3) is 0.571. The molecular weight excluding hydrogens is 392 g/mol. The van der Waals surface area contributed by atoms with Crippen LogP contribution >= 0.6 is 0 Å². The van der Waals surface area contributed by atoms with Gasteiger partial charge >= 0.3 is 36.2 Å². The highest BCUT2D eigenvalue weighted by Crippen LogP contribution is 2.06. The molecule has 0 bridgehead atoms. The molecular formula is C14H18O14. The maximum absolute atomic E-state index is 11.2. The molecule has 0 aliphatic heterocycles. The molecule has 0 radical (unpaired) electrons. The van der Waals surface area contributed by atoms with Crippen LogP contribution in [0.3, 0.4) is 0 Å². The van der Waals surface area contributed by atoms with E-state index in [0.29, 0.717) is 0 Å². The molecule has 28 heavy (non-hydrogen) atoms. The molecule has 0 saturated heterocycles. The van der Waals surface area contributed by atoms with E-state index in [4.69, 9.17) is 20.4 Å². The zero-order valence-electron chi connectivity index (χ0n) is 14.3. The number of ether oxygens (including phenoxy) is 4. The van der Waals surface area contributed by atoms with Crippen molar-refractivity contribution in [2.24, 2.45) is 11.8 Å². The van der Waals surface area contributed by atoms with Crippen molar-refractivity contribution in [3.63, 3.8) is 0 Å². The third-order valence-corrected chi connectivity index (χ3v) is 2.87. The molecule has 14 nitrogen and oxygen atoms in total. The van der Waals surface area contributed by atoms with E-state index in [2.05, 4.69) is 18.9 Å². The SMILES string of the molecule is O=C(O)CC(COC(=O)OCCOC(=O)OCC(CC(=O)O)C(=O)O)C(=O)O. The monoisotopic (exact) mass is 410 g/mol. The maximum Gasteiger partial charge on any atom is 0.508 e. The van der Waals surface area contributed by atoms with E-state index in [0.717, 1.165) is 0 Å². The van der Waals surface area contributed by atoms with Gasteiger partial charge in [0.1, 0.15) is 38.3 Å². The average Bonchev–Trinajstić information content (AvgIpc) is 2.58. The lowest BCUT2D eigenvalue weighted by atomic mass is 10.1. The molecule has 0 heterocycles. The molecule has 0 aromatic rings. The first-order valence-corrected chi connectivity index (χ1v) is 7.51. The van der Waals surface area contributed by atoms with E-state index in [1.807, 2.05) is 0 Å². The summed E-state index contributed by atoms with van der Waals surface area (Å²) in [6, 6.07) is 0. The number of carboxylic acid groups (broad SMARTS) is 4. The predicted molar refractivity (Wildman–Crippen MR) is 81.4 cm³/mol. The minimum Gasteiger partial charge on any atom is -0.481 e. The molecule has 4 N–H and O–H groups in total. The summed E-state index contributed by atoms with van der Waals surface area (Å²) in [5, 5.41) is 34.5. The van der Waals surface area contributed by atoms with Gasteiger partial charge in [-0.05, 0) is 0 Å². The van der Waals surface area contributed by atoms with Gasteiger partial charge in [0.2, 0.25) is 0 Å². The number of hydrogen-bond acceptors (Lipinski definition) is 10. The molecule has 0 amide bonds. The molecule has 0 aliphatic carbocycles. The van der Waals surface area contributed by atoms with Crippen LogP contribution in [0.4, 0.5) is 9.59 Å². The molecule has 0 aliphatic rings. The molecule has 0 aromatic carbocycles. The first kappa shape index (κ1) is 24.4. The first-order chi connectivity index (χ1) is 13.0. The van der Waals surface area contributed by atoms with Gasteiger partial charge < -0.3 is 39.4 Å². The lowest BCUT2D eigenvalue weighted by molar-refractivity contribution is -0.150. The number of rotatable bonds is 13. The van der Waals surface area contributed by atoms with E-state index in [1.54, 1.807) is 0 Å². The highest BCUT2D eigenvalue weighted by molar-refractivity contribution is 5.78. The van der Waals surface area contributed by atoms with Crippen LogP contribution in [0.1, 0.15) is 12.8 Å². The fourth-order valence-electron chi connectivity index (χ4n) is 1.53. The molecule has 2 atom stereocenters. The van der Waals surface area contributed by atoms with Gasteiger partial charge in [-0.15, -0.1) is 0 Å². The van der Waals surface area contributed by atoms with Gasteiger partial charge in [0.25, 0.3) is 0 Å². The number of carbonyl (C=O) groups is 6. The Morgan fingerprint density at radius 3 is 1.14 bits per heavy atom. The van der Waals surface area contributed by atoms with Crippen molar-refractivity contribution in [1.82, 2.24) is 0 Å². The van der Waals surface area contributed by atoms with Crippen molar-refractivity contribution in [2.45, 2.75) is 12.8 Å². The van der Waals surface area contributed by atoms with Gasteiger partial charge in [0.15, 0.2) is 0 Å². The van der Waals surface area contributed by atoms with Crippen molar-refractivity contribution < 1.29 is 68.1 Å². The third kappa shape index (κ3) is 11.9. The van der Waals surface area contributed by atoms with Gasteiger partial charge in [-0.25, -0.2) is 9.59 Å². The summed E-state index contributed by atoms with van der Waals surface area (Å²) in [6.45, 7) is -2.54. The normalized spacial score (nSPS) is 12.1. The molecule has 14 heteroatoms. The summed E-state index contributed by atoms with van der Waals surface area (Å²) in [5.74, 6) is -8.70. The largest absolute Gasteiger partial charge is 0.508 e. The molecule has 2 unspecified atom stereocenters. The van der Waals surface area contributed by atoms with Crippen molar-refractivity contribution >= 4 is 36.2 Å². The van der Waals surface area contributed by atoms with Crippen LogP contribution in [0.5, 0.6) is 0 Å². The summed E-state index contributed by atoms with van der Waals surface area (Å²) >= 11 is 0. The van der Waals surface area contributed by atoms with Crippen molar-refractivity contribution in [2.75, 3.05) is 26.4 Å².